The second-order valence-electron chi connectivity index (χ2n) is 7.11. The number of amides is 2. The van der Waals surface area contributed by atoms with Gasteiger partial charge >= 0.3 is 0 Å². The van der Waals surface area contributed by atoms with Gasteiger partial charge in [0.15, 0.2) is 0 Å². The molecule has 2 amide bonds. The lowest BCUT2D eigenvalue weighted by molar-refractivity contribution is -0.117. The minimum atomic E-state index is -0.494. The van der Waals surface area contributed by atoms with Gasteiger partial charge in [0.1, 0.15) is 16.7 Å². The Morgan fingerprint density at radius 2 is 1.83 bits per heavy atom. The summed E-state index contributed by atoms with van der Waals surface area (Å²) in [6, 6.07) is 15.6. The number of aryl methyl sites for hydroxylation is 3. The molecule has 0 bridgehead atoms. The highest BCUT2D eigenvalue weighted by Gasteiger charge is 2.40. The molecule has 0 spiro atoms. The lowest BCUT2D eigenvalue weighted by atomic mass is 10.0. The van der Waals surface area contributed by atoms with Gasteiger partial charge in [-0.05, 0) is 56.0 Å². The summed E-state index contributed by atoms with van der Waals surface area (Å²) in [4.78, 5) is 27.1. The van der Waals surface area contributed by atoms with Crippen LogP contribution in [0.5, 0.6) is 0 Å². The van der Waals surface area contributed by atoms with Gasteiger partial charge in [-0.1, -0.05) is 47.7 Å². The van der Waals surface area contributed by atoms with Crippen LogP contribution in [0.4, 0.5) is 5.69 Å². The summed E-state index contributed by atoms with van der Waals surface area (Å²) in [5, 5.41) is 12.1. The van der Waals surface area contributed by atoms with E-state index in [1.165, 1.54) is 34.8 Å². The molecule has 1 aliphatic heterocycles. The zero-order valence-electron chi connectivity index (χ0n) is 16.9. The number of carbonyl (C=O) groups is 2. The summed E-state index contributed by atoms with van der Waals surface area (Å²) in [5.41, 5.74) is 5.11. The van der Waals surface area contributed by atoms with E-state index >= 15 is 0 Å². The second kappa shape index (κ2) is 8.54. The number of anilines is 1. The van der Waals surface area contributed by atoms with Crippen LogP contribution >= 0.6 is 11.8 Å². The van der Waals surface area contributed by atoms with Crippen LogP contribution in [-0.2, 0) is 16.0 Å². The van der Waals surface area contributed by atoms with E-state index in [0.717, 1.165) is 11.1 Å². The maximum absolute atomic E-state index is 13.3. The molecule has 1 saturated heterocycles. The quantitative estimate of drug-likeness (QED) is 0.621. The Labute approximate surface area is 175 Å². The minimum Gasteiger partial charge on any atom is -0.354 e. The molecule has 1 N–H and O–H groups in total. The Balaban J connectivity index is 2.03. The first-order valence-electron chi connectivity index (χ1n) is 9.35. The smallest absolute Gasteiger partial charge is 0.264 e. The van der Waals surface area contributed by atoms with Crippen molar-refractivity contribution in [2.45, 2.75) is 32.4 Å². The highest BCUT2D eigenvalue weighted by molar-refractivity contribution is 8.05. The maximum atomic E-state index is 13.3. The van der Waals surface area contributed by atoms with Crippen molar-refractivity contribution in [2.75, 3.05) is 11.9 Å². The predicted molar refractivity (Wildman–Crippen MR) is 116 cm³/mol. The van der Waals surface area contributed by atoms with Crippen molar-refractivity contribution >= 4 is 29.3 Å². The number of thioether (sulfide) groups is 1. The molecule has 0 aliphatic carbocycles. The topological polar surface area (TPSA) is 73.2 Å². The lowest BCUT2D eigenvalue weighted by Crippen LogP contribution is -2.31. The van der Waals surface area contributed by atoms with Crippen LogP contribution in [-0.4, -0.2) is 24.1 Å². The third-order valence-electron chi connectivity index (χ3n) is 5.02. The average molecular weight is 406 g/mol. The molecule has 148 valence electrons. The number of rotatable bonds is 4. The van der Waals surface area contributed by atoms with Gasteiger partial charge in [0.25, 0.3) is 5.91 Å². The van der Waals surface area contributed by atoms with Crippen LogP contribution in [0.15, 0.2) is 53.1 Å². The van der Waals surface area contributed by atoms with Gasteiger partial charge in [-0.15, -0.1) is 0 Å². The van der Waals surface area contributed by atoms with Crippen molar-refractivity contribution in [1.82, 2.24) is 5.32 Å². The Morgan fingerprint density at radius 1 is 1.14 bits per heavy atom. The first kappa shape index (κ1) is 20.7. The van der Waals surface area contributed by atoms with Gasteiger partial charge in [-0.2, -0.15) is 5.26 Å². The predicted octanol–water partition coefficient (Wildman–Crippen LogP) is 3.78. The Hall–Kier alpha value is -3.04. The highest BCUT2D eigenvalue weighted by Crippen LogP contribution is 2.42. The molecule has 2 aromatic rings. The molecular weight excluding hydrogens is 382 g/mol. The zero-order valence-corrected chi connectivity index (χ0v) is 17.8. The van der Waals surface area contributed by atoms with E-state index in [1.54, 1.807) is 0 Å². The number of hydrogen-bond donors (Lipinski definition) is 1. The molecule has 3 rings (SSSR count). The van der Waals surface area contributed by atoms with Crippen molar-refractivity contribution in [2.24, 2.45) is 0 Å². The maximum Gasteiger partial charge on any atom is 0.264 e. The van der Waals surface area contributed by atoms with Crippen LogP contribution in [0.1, 0.15) is 22.3 Å². The monoisotopic (exact) mass is 405 g/mol. The SMILES string of the molecule is CNC(=O)/C(C#N)=C1/S[C@@H](Cc2ccc(C)c(C)c2)C(=O)N1c1ccc(C)cc1. The van der Waals surface area contributed by atoms with Crippen molar-refractivity contribution in [3.63, 3.8) is 0 Å². The number of hydrogen-bond acceptors (Lipinski definition) is 4. The average Bonchev–Trinajstić information content (AvgIpc) is 3.01. The number of nitrogens with one attached hydrogen (secondary N) is 1. The molecule has 29 heavy (non-hydrogen) atoms. The Morgan fingerprint density at radius 3 is 2.41 bits per heavy atom. The van der Waals surface area contributed by atoms with Crippen molar-refractivity contribution in [3.05, 3.63) is 75.3 Å². The van der Waals surface area contributed by atoms with Gasteiger partial charge < -0.3 is 5.32 Å². The fourth-order valence-electron chi connectivity index (χ4n) is 3.19. The van der Waals surface area contributed by atoms with E-state index in [9.17, 15) is 14.9 Å². The Kier molecular flexibility index (Phi) is 6.09. The third kappa shape index (κ3) is 4.20. The van der Waals surface area contributed by atoms with Gasteiger partial charge in [0.05, 0.1) is 5.25 Å². The van der Waals surface area contributed by atoms with Gasteiger partial charge in [-0.25, -0.2) is 0 Å². The van der Waals surface area contributed by atoms with Crippen molar-refractivity contribution < 1.29 is 9.59 Å². The normalized spacial score (nSPS) is 17.8. The molecule has 0 saturated carbocycles. The Bertz CT molecular complexity index is 1040. The third-order valence-corrected chi connectivity index (χ3v) is 6.28. The van der Waals surface area contributed by atoms with E-state index in [2.05, 4.69) is 24.4 Å². The molecule has 1 aliphatic rings. The van der Waals surface area contributed by atoms with Crippen LogP contribution in [0.2, 0.25) is 0 Å². The van der Waals surface area contributed by atoms with Gasteiger partial charge in [-0.3, -0.25) is 14.5 Å². The summed E-state index contributed by atoms with van der Waals surface area (Å²) >= 11 is 1.28. The van der Waals surface area contributed by atoms with Gasteiger partial charge in [0.2, 0.25) is 5.91 Å². The molecule has 1 fully saturated rings. The zero-order chi connectivity index (χ0) is 21.1. The van der Waals surface area contributed by atoms with E-state index in [1.807, 2.05) is 50.2 Å². The molecule has 1 heterocycles. The molecule has 0 radical (unpaired) electrons. The number of nitriles is 1. The number of carbonyl (C=O) groups excluding carboxylic acids is 2. The number of likely N-dealkylation sites (N-methyl/N-ethyl adjacent to an activating group) is 1. The van der Waals surface area contributed by atoms with E-state index in [-0.39, 0.29) is 11.5 Å². The highest BCUT2D eigenvalue weighted by atomic mass is 32.2. The van der Waals surface area contributed by atoms with Crippen LogP contribution < -0.4 is 10.2 Å². The molecular formula is C23H23N3O2S. The van der Waals surface area contributed by atoms with Crippen LogP contribution in [0, 0.1) is 32.1 Å². The molecule has 0 aromatic heterocycles. The summed E-state index contributed by atoms with van der Waals surface area (Å²) in [5.74, 6) is -0.615. The van der Waals surface area contributed by atoms with Gasteiger partial charge in [0, 0.05) is 12.7 Å². The van der Waals surface area contributed by atoms with E-state index < -0.39 is 11.2 Å². The van der Waals surface area contributed by atoms with Crippen LogP contribution in [0.25, 0.3) is 0 Å². The summed E-state index contributed by atoms with van der Waals surface area (Å²) in [6.07, 6.45) is 0.531. The van der Waals surface area contributed by atoms with Crippen LogP contribution in [0.3, 0.4) is 0 Å². The lowest BCUT2D eigenvalue weighted by Gasteiger charge is -2.18. The first-order chi connectivity index (χ1) is 13.8. The second-order valence-corrected chi connectivity index (χ2v) is 8.30. The molecule has 2 aromatic carbocycles. The summed E-state index contributed by atoms with van der Waals surface area (Å²) in [6.45, 7) is 6.07. The van der Waals surface area contributed by atoms with E-state index in [4.69, 9.17) is 0 Å². The number of nitrogens with zero attached hydrogens (tertiary/aromatic N) is 2. The van der Waals surface area contributed by atoms with E-state index in [0.29, 0.717) is 17.1 Å². The van der Waals surface area contributed by atoms with Crippen molar-refractivity contribution in [1.29, 1.82) is 5.26 Å². The summed E-state index contributed by atoms with van der Waals surface area (Å²) < 4.78 is 0. The first-order valence-corrected chi connectivity index (χ1v) is 10.2. The largest absolute Gasteiger partial charge is 0.354 e. The fraction of sp³-hybridized carbons (Fsp3) is 0.261. The minimum absolute atomic E-state index is 0.0472. The molecule has 1 atom stereocenters. The molecule has 6 heteroatoms. The fourth-order valence-corrected chi connectivity index (χ4v) is 4.49. The standard InChI is InChI=1S/C23H23N3O2S/c1-14-5-9-18(10-6-14)26-22(28)20(12-17-8-7-15(2)16(3)11-17)29-23(26)19(13-24)21(27)25-4/h5-11,20H,12H2,1-4H3,(H,25,27)/b23-19+/t20-/m0/s1. The molecule has 0 unspecified atom stereocenters. The summed E-state index contributed by atoms with van der Waals surface area (Å²) in [7, 11) is 1.48. The number of benzene rings is 2. The van der Waals surface area contributed by atoms with Crippen molar-refractivity contribution in [3.8, 4) is 6.07 Å². The molecule has 5 nitrogen and oxygen atoms in total.